The largest absolute Gasteiger partial charge is 0.506 e. The van der Waals surface area contributed by atoms with Crippen LogP contribution in [-0.4, -0.2) is 28.0 Å². The summed E-state index contributed by atoms with van der Waals surface area (Å²) in [5, 5.41) is 11.3. The molecule has 0 amide bonds. The summed E-state index contributed by atoms with van der Waals surface area (Å²) < 4.78 is 6.32. The lowest BCUT2D eigenvalue weighted by Crippen LogP contribution is -2.51. The van der Waals surface area contributed by atoms with Gasteiger partial charge in [-0.3, -0.25) is 4.99 Å². The molecule has 5 heteroatoms. The predicted octanol–water partition coefficient (Wildman–Crippen LogP) is 9.87. The Morgan fingerprint density at radius 1 is 0.787 bits per heavy atom. The van der Waals surface area contributed by atoms with Crippen molar-refractivity contribution in [2.45, 2.75) is 90.1 Å². The van der Waals surface area contributed by atoms with Crippen LogP contribution < -0.4 is 9.64 Å². The Labute approximate surface area is 279 Å². The van der Waals surface area contributed by atoms with Crippen LogP contribution in [0.1, 0.15) is 83.2 Å². The van der Waals surface area contributed by atoms with Crippen LogP contribution in [0, 0.1) is 0 Å². The maximum Gasteiger partial charge on any atom is 0.219 e. The van der Waals surface area contributed by atoms with E-state index in [4.69, 9.17) is 9.73 Å². The molecule has 1 aliphatic carbocycles. The molecule has 0 bridgehead atoms. The number of para-hydroxylation sites is 1. The van der Waals surface area contributed by atoms with E-state index in [1.54, 1.807) is 6.07 Å². The maximum atomic E-state index is 10.4. The normalized spacial score (nSPS) is 18.9. The van der Waals surface area contributed by atoms with E-state index in [2.05, 4.69) is 120 Å². The Morgan fingerprint density at radius 3 is 2.21 bits per heavy atom. The van der Waals surface area contributed by atoms with Gasteiger partial charge in [0.05, 0.1) is 12.1 Å². The number of phenols is 1. The van der Waals surface area contributed by atoms with E-state index in [9.17, 15) is 5.11 Å². The van der Waals surface area contributed by atoms with E-state index >= 15 is 0 Å². The van der Waals surface area contributed by atoms with E-state index in [0.29, 0.717) is 17.1 Å². The first-order chi connectivity index (χ1) is 22.2. The van der Waals surface area contributed by atoms with E-state index in [-0.39, 0.29) is 34.1 Å². The molecule has 0 radical (unpaired) electrons. The fraction of sp³-hybridized carbons (Fsp3) is 0.333. The number of anilines is 1. The zero-order chi connectivity index (χ0) is 33.3. The molecule has 1 N–H and O–H groups in total. The van der Waals surface area contributed by atoms with Gasteiger partial charge in [0, 0.05) is 28.1 Å². The van der Waals surface area contributed by atoms with Crippen LogP contribution in [0.3, 0.4) is 0 Å². The molecule has 5 nitrogen and oxygen atoms in total. The van der Waals surface area contributed by atoms with Gasteiger partial charge in [-0.05, 0) is 75.9 Å². The van der Waals surface area contributed by atoms with Gasteiger partial charge in [0.15, 0.2) is 0 Å². The van der Waals surface area contributed by atoms with Crippen LogP contribution >= 0.6 is 0 Å². The molecule has 1 aliphatic heterocycles. The number of pyridine rings is 1. The fourth-order valence-corrected chi connectivity index (χ4v) is 7.27. The van der Waals surface area contributed by atoms with Gasteiger partial charge >= 0.3 is 0 Å². The zero-order valence-corrected chi connectivity index (χ0v) is 28.8. The monoisotopic (exact) mass is 623 g/mol. The van der Waals surface area contributed by atoms with Gasteiger partial charge in [-0.25, -0.2) is 4.98 Å². The molecular formula is C42H45N3O2. The Kier molecular flexibility index (Phi) is 7.23. The molecule has 0 saturated carbocycles. The number of rotatable bonds is 4. The molecule has 2 aliphatic rings. The van der Waals surface area contributed by atoms with Crippen molar-refractivity contribution in [3.63, 3.8) is 0 Å². The summed E-state index contributed by atoms with van der Waals surface area (Å²) in [5.74, 6) is 2.19. The van der Waals surface area contributed by atoms with E-state index in [1.807, 2.05) is 36.4 Å². The number of fused-ring (bicyclic) bond motifs is 3. The van der Waals surface area contributed by atoms with Gasteiger partial charge in [-0.2, -0.15) is 0 Å². The van der Waals surface area contributed by atoms with E-state index in [1.165, 1.54) is 27.9 Å². The van der Waals surface area contributed by atoms with Gasteiger partial charge in [-0.15, -0.1) is 0 Å². The quantitative estimate of drug-likeness (QED) is 0.217. The lowest BCUT2D eigenvalue weighted by atomic mass is 9.67. The molecule has 0 spiro atoms. The van der Waals surface area contributed by atoms with Gasteiger partial charge in [0.2, 0.25) is 5.88 Å². The Morgan fingerprint density at radius 2 is 1.49 bits per heavy atom. The third kappa shape index (κ3) is 5.56. The number of hydrogen-bond acceptors (Lipinski definition) is 5. The number of aliphatic imine (C=N–C) groups is 1. The average Bonchev–Trinajstić information content (AvgIpc) is 3.41. The molecule has 2 heterocycles. The summed E-state index contributed by atoms with van der Waals surface area (Å²) >= 11 is 0. The second-order valence-electron chi connectivity index (χ2n) is 15.8. The van der Waals surface area contributed by atoms with Gasteiger partial charge in [0.1, 0.15) is 22.9 Å². The molecule has 4 aromatic carbocycles. The molecular weight excluding hydrogens is 578 g/mol. The summed E-state index contributed by atoms with van der Waals surface area (Å²) in [6.45, 7) is 18.5. The smallest absolute Gasteiger partial charge is 0.219 e. The van der Waals surface area contributed by atoms with Crippen LogP contribution in [0.15, 0.2) is 102 Å². The zero-order valence-electron chi connectivity index (χ0n) is 28.8. The van der Waals surface area contributed by atoms with Gasteiger partial charge in [0.25, 0.3) is 0 Å². The summed E-state index contributed by atoms with van der Waals surface area (Å²) in [6, 6.07) is 33.6. The van der Waals surface area contributed by atoms with Gasteiger partial charge < -0.3 is 14.7 Å². The molecule has 7 rings (SSSR count). The highest BCUT2D eigenvalue weighted by Crippen LogP contribution is 2.46. The minimum atomic E-state index is -0.154. The molecule has 0 unspecified atom stereocenters. The molecule has 47 heavy (non-hydrogen) atoms. The number of aromatic nitrogens is 1. The van der Waals surface area contributed by atoms with Crippen LogP contribution in [0.2, 0.25) is 0 Å². The summed E-state index contributed by atoms with van der Waals surface area (Å²) in [7, 11) is 0. The van der Waals surface area contributed by atoms with Crippen LogP contribution in [-0.2, 0) is 22.7 Å². The van der Waals surface area contributed by atoms with Crippen molar-refractivity contribution in [3.8, 4) is 17.4 Å². The topological polar surface area (TPSA) is 58.0 Å². The van der Waals surface area contributed by atoms with Gasteiger partial charge in [-0.1, -0.05) is 110 Å². The third-order valence-electron chi connectivity index (χ3n) is 9.98. The number of benzene rings is 4. The van der Waals surface area contributed by atoms with Crippen LogP contribution in [0.5, 0.6) is 17.4 Å². The molecule has 1 aromatic heterocycles. The van der Waals surface area contributed by atoms with Crippen molar-refractivity contribution in [2.24, 2.45) is 4.99 Å². The number of ether oxygens (including phenoxy) is 1. The minimum absolute atomic E-state index is 0.0140. The van der Waals surface area contributed by atoms with Crippen molar-refractivity contribution in [1.29, 1.82) is 0 Å². The predicted molar refractivity (Wildman–Crippen MR) is 194 cm³/mol. The Balaban J connectivity index is 1.36. The summed E-state index contributed by atoms with van der Waals surface area (Å²) in [4.78, 5) is 12.7. The van der Waals surface area contributed by atoms with Crippen molar-refractivity contribution in [2.75, 3.05) is 4.90 Å². The first-order valence-corrected chi connectivity index (χ1v) is 16.7. The van der Waals surface area contributed by atoms with E-state index in [0.717, 1.165) is 23.2 Å². The first kappa shape index (κ1) is 31.0. The number of nitrogens with zero attached hydrogens (tertiary/aromatic N) is 3. The standard InChI is InChI=1S/C42H45N3O2/c1-40(2,3)29-23-30(41(4,5)6)25-31(24-29)45-34-22-27-13-9-10-17-33(27)42(7,8)38(34)44-39(45)28-15-11-16-32(21-28)47-36-20-19-26-14-12-18-35(46)37(26)43-36/h9-21,23-25,34,38,46H,22H2,1-8H3/t34-,38-/m1/s1. The molecule has 2 atom stereocenters. The van der Waals surface area contributed by atoms with Crippen molar-refractivity contribution in [3.05, 3.63) is 125 Å². The number of amidine groups is 1. The number of aromatic hydroxyl groups is 1. The lowest BCUT2D eigenvalue weighted by molar-refractivity contribution is 0.345. The lowest BCUT2D eigenvalue weighted by Gasteiger charge is -2.43. The van der Waals surface area contributed by atoms with Crippen molar-refractivity contribution < 1.29 is 9.84 Å². The Bertz CT molecular complexity index is 2000. The van der Waals surface area contributed by atoms with E-state index < -0.39 is 0 Å². The highest BCUT2D eigenvalue weighted by Gasteiger charge is 2.50. The second kappa shape index (κ2) is 11.0. The summed E-state index contributed by atoms with van der Waals surface area (Å²) in [5.41, 5.74) is 7.94. The highest BCUT2D eigenvalue weighted by molar-refractivity contribution is 6.12. The highest BCUT2D eigenvalue weighted by atomic mass is 16.5. The third-order valence-corrected chi connectivity index (χ3v) is 9.98. The number of hydrogen-bond donors (Lipinski definition) is 1. The van der Waals surface area contributed by atoms with Crippen molar-refractivity contribution in [1.82, 2.24) is 4.98 Å². The molecule has 0 fully saturated rings. The molecule has 0 saturated heterocycles. The first-order valence-electron chi connectivity index (χ1n) is 16.7. The second-order valence-corrected chi connectivity index (χ2v) is 15.8. The maximum absolute atomic E-state index is 10.4. The van der Waals surface area contributed by atoms with Crippen molar-refractivity contribution >= 4 is 22.4 Å². The summed E-state index contributed by atoms with van der Waals surface area (Å²) in [6.07, 6.45) is 0.919. The number of phenolic OH excluding ortho intramolecular Hbond substituents is 1. The average molecular weight is 624 g/mol. The fourth-order valence-electron chi connectivity index (χ4n) is 7.27. The molecule has 5 aromatic rings. The van der Waals surface area contributed by atoms with Crippen LogP contribution in [0.4, 0.5) is 5.69 Å². The Hall–Kier alpha value is -4.64. The van der Waals surface area contributed by atoms with Crippen LogP contribution in [0.25, 0.3) is 10.9 Å². The molecule has 240 valence electrons. The SMILES string of the molecule is CC(C)(C)c1cc(N2C(c3cccc(Oc4ccc5cccc(O)c5n4)c3)=N[C@@H]3[C@H]2Cc2ccccc2C3(C)C)cc(C(C)(C)C)c1. The minimum Gasteiger partial charge on any atom is -0.506 e.